The Morgan fingerprint density at radius 2 is 2.11 bits per heavy atom. The molecule has 1 fully saturated rings. The molecule has 3 rings (SSSR count). The summed E-state index contributed by atoms with van der Waals surface area (Å²) in [4.78, 5) is 0. The SMILES string of the molecule is CCCC1=CC(C)[C]([Zr]2([C]3=CC=CC3)[CH2][CH2]2)=C1C. The molecular formula is C17H24Zr. The fraction of sp³-hybridized carbons (Fsp3) is 0.529. The van der Waals surface area contributed by atoms with Gasteiger partial charge in [-0.15, -0.1) is 0 Å². The molecule has 1 aliphatic heterocycles. The molecule has 1 saturated heterocycles. The van der Waals surface area contributed by atoms with Gasteiger partial charge in [-0.2, -0.15) is 0 Å². The third kappa shape index (κ3) is 1.90. The van der Waals surface area contributed by atoms with Gasteiger partial charge in [0.15, 0.2) is 0 Å². The normalized spacial score (nSPS) is 28.7. The van der Waals surface area contributed by atoms with E-state index in [1.165, 1.54) is 19.3 Å². The second-order valence-corrected chi connectivity index (χ2v) is 16.9. The Labute approximate surface area is 116 Å². The van der Waals surface area contributed by atoms with Crippen LogP contribution in [0.3, 0.4) is 0 Å². The monoisotopic (exact) mass is 318 g/mol. The van der Waals surface area contributed by atoms with Crippen molar-refractivity contribution in [2.45, 2.75) is 48.3 Å². The molecular weight excluding hydrogens is 295 g/mol. The summed E-state index contributed by atoms with van der Waals surface area (Å²) in [6, 6.07) is 0. The average molecular weight is 320 g/mol. The molecule has 0 nitrogen and oxygen atoms in total. The molecule has 0 aromatic heterocycles. The van der Waals surface area contributed by atoms with Crippen molar-refractivity contribution in [3.8, 4) is 0 Å². The Morgan fingerprint density at radius 3 is 2.67 bits per heavy atom. The average Bonchev–Trinajstić information content (AvgIpc) is 2.84. The fourth-order valence-electron chi connectivity index (χ4n) is 4.05. The van der Waals surface area contributed by atoms with Crippen LogP contribution in [0.4, 0.5) is 0 Å². The Morgan fingerprint density at radius 1 is 1.33 bits per heavy atom. The van der Waals surface area contributed by atoms with Gasteiger partial charge >= 0.3 is 116 Å². The van der Waals surface area contributed by atoms with Crippen molar-refractivity contribution in [1.82, 2.24) is 0 Å². The van der Waals surface area contributed by atoms with Crippen LogP contribution in [-0.4, -0.2) is 0 Å². The minimum atomic E-state index is -1.99. The van der Waals surface area contributed by atoms with Crippen molar-refractivity contribution in [3.63, 3.8) is 0 Å². The van der Waals surface area contributed by atoms with E-state index in [2.05, 4.69) is 45.1 Å². The third-order valence-corrected chi connectivity index (χ3v) is 17.2. The van der Waals surface area contributed by atoms with Gasteiger partial charge in [0.05, 0.1) is 0 Å². The zero-order chi connectivity index (χ0) is 12.8. The molecule has 18 heavy (non-hydrogen) atoms. The fourth-order valence-corrected chi connectivity index (χ4v) is 18.8. The Kier molecular flexibility index (Phi) is 3.39. The van der Waals surface area contributed by atoms with Gasteiger partial charge in [0.1, 0.15) is 0 Å². The first-order valence-corrected chi connectivity index (χ1v) is 13.4. The van der Waals surface area contributed by atoms with Crippen molar-refractivity contribution >= 4 is 0 Å². The van der Waals surface area contributed by atoms with Crippen molar-refractivity contribution in [1.29, 1.82) is 0 Å². The molecule has 0 radical (unpaired) electrons. The molecule has 0 aromatic carbocycles. The van der Waals surface area contributed by atoms with Gasteiger partial charge in [-0.25, -0.2) is 0 Å². The zero-order valence-corrected chi connectivity index (χ0v) is 14.4. The zero-order valence-electron chi connectivity index (χ0n) is 11.9. The Hall–Kier alpha value is -0.157. The van der Waals surface area contributed by atoms with E-state index >= 15 is 0 Å². The number of hydrogen-bond acceptors (Lipinski definition) is 0. The van der Waals surface area contributed by atoms with E-state index in [1.807, 2.05) is 6.56 Å². The maximum absolute atomic E-state index is 2.58. The number of rotatable bonds is 4. The molecule has 96 valence electrons. The van der Waals surface area contributed by atoms with E-state index in [-0.39, 0.29) is 0 Å². The molecule has 1 unspecified atom stereocenters. The topological polar surface area (TPSA) is 0 Å². The number of hydrogen-bond donors (Lipinski definition) is 0. The van der Waals surface area contributed by atoms with Crippen LogP contribution in [0.1, 0.15) is 40.0 Å². The summed E-state index contributed by atoms with van der Waals surface area (Å²) in [5.41, 5.74) is 3.39. The molecule has 1 heteroatoms. The number of allylic oxidation sites excluding steroid dienone is 8. The van der Waals surface area contributed by atoms with Gasteiger partial charge in [0.2, 0.25) is 0 Å². The van der Waals surface area contributed by atoms with Gasteiger partial charge in [0.25, 0.3) is 0 Å². The van der Waals surface area contributed by atoms with Gasteiger partial charge in [-0.05, 0) is 0 Å². The molecule has 0 aromatic rings. The Bertz CT molecular complexity index is 484. The van der Waals surface area contributed by atoms with Crippen LogP contribution < -0.4 is 0 Å². The first-order chi connectivity index (χ1) is 8.69. The van der Waals surface area contributed by atoms with Gasteiger partial charge in [-0.1, -0.05) is 0 Å². The van der Waals surface area contributed by atoms with Crippen molar-refractivity contribution < 1.29 is 20.3 Å². The molecule has 1 atom stereocenters. The van der Waals surface area contributed by atoms with E-state index in [9.17, 15) is 0 Å². The first-order valence-electron chi connectivity index (χ1n) is 7.47. The van der Waals surface area contributed by atoms with E-state index in [4.69, 9.17) is 0 Å². The molecule has 0 N–H and O–H groups in total. The van der Waals surface area contributed by atoms with Gasteiger partial charge < -0.3 is 0 Å². The minimum absolute atomic E-state index is 0.756. The van der Waals surface area contributed by atoms with Crippen LogP contribution in [0.25, 0.3) is 0 Å². The van der Waals surface area contributed by atoms with E-state index in [1.54, 1.807) is 19.4 Å². The van der Waals surface area contributed by atoms with Crippen LogP contribution in [0.2, 0.25) is 8.26 Å². The van der Waals surface area contributed by atoms with Crippen molar-refractivity contribution in [2.75, 3.05) is 0 Å². The Balaban J connectivity index is 1.93. The summed E-state index contributed by atoms with van der Waals surface area (Å²) in [7, 11) is 0. The summed E-state index contributed by atoms with van der Waals surface area (Å²) in [6.45, 7) is 7.16. The quantitative estimate of drug-likeness (QED) is 0.643. The molecule has 3 aliphatic rings. The predicted octanol–water partition coefficient (Wildman–Crippen LogP) is 5.48. The van der Waals surface area contributed by atoms with Crippen molar-refractivity contribution in [3.05, 3.63) is 42.0 Å². The van der Waals surface area contributed by atoms with Crippen LogP contribution in [0.15, 0.2) is 42.0 Å². The standard InChI is InChI=1S/C10H15.C5H5.C2H4.Zr/c1-4-5-10-7-8(2)6-9(10)3;1-2-4-5-3-1;1-2;/h7-8H,4-5H2,1-3H3;1-3H,4H2;1-2H2;. The van der Waals surface area contributed by atoms with E-state index in [0.29, 0.717) is 0 Å². The van der Waals surface area contributed by atoms with E-state index in [0.717, 1.165) is 5.92 Å². The second-order valence-electron chi connectivity index (χ2n) is 6.18. The molecule has 0 spiro atoms. The summed E-state index contributed by atoms with van der Waals surface area (Å²) in [5, 5.41) is 0. The second kappa shape index (κ2) is 4.75. The summed E-state index contributed by atoms with van der Waals surface area (Å²) in [6.07, 6.45) is 13.6. The van der Waals surface area contributed by atoms with Crippen LogP contribution in [0, 0.1) is 5.92 Å². The maximum atomic E-state index is 2.58. The van der Waals surface area contributed by atoms with Gasteiger partial charge in [0, 0.05) is 0 Å². The third-order valence-electron chi connectivity index (χ3n) is 4.96. The first kappa shape index (κ1) is 12.9. The summed E-state index contributed by atoms with van der Waals surface area (Å²) < 4.78 is 7.03. The van der Waals surface area contributed by atoms with Crippen molar-refractivity contribution in [2.24, 2.45) is 5.92 Å². The van der Waals surface area contributed by atoms with Gasteiger partial charge in [-0.3, -0.25) is 0 Å². The van der Waals surface area contributed by atoms with Crippen LogP contribution in [0.5, 0.6) is 0 Å². The molecule has 0 saturated carbocycles. The molecule has 1 heterocycles. The molecule has 0 bridgehead atoms. The van der Waals surface area contributed by atoms with Crippen LogP contribution in [-0.2, 0) is 20.3 Å². The summed E-state index contributed by atoms with van der Waals surface area (Å²) >= 11 is -1.99. The van der Waals surface area contributed by atoms with Crippen LogP contribution >= 0.6 is 0 Å². The summed E-state index contributed by atoms with van der Waals surface area (Å²) in [5.74, 6) is 0.756. The predicted molar refractivity (Wildman–Crippen MR) is 76.3 cm³/mol. The molecule has 0 amide bonds. The van der Waals surface area contributed by atoms with E-state index < -0.39 is 20.3 Å². The molecule has 2 aliphatic carbocycles.